The van der Waals surface area contributed by atoms with Crippen molar-refractivity contribution in [1.29, 1.82) is 0 Å². The van der Waals surface area contributed by atoms with E-state index in [2.05, 4.69) is 72.8 Å². The van der Waals surface area contributed by atoms with Crippen molar-refractivity contribution < 1.29 is 8.53 Å². The first-order valence-corrected chi connectivity index (χ1v) is 14.5. The number of hydrogen-bond donors (Lipinski definition) is 0. The van der Waals surface area contributed by atoms with Crippen LogP contribution in [0, 0.1) is 0 Å². The van der Waals surface area contributed by atoms with Crippen molar-refractivity contribution in [3.8, 4) is 33.4 Å². The summed E-state index contributed by atoms with van der Waals surface area (Å²) in [6.07, 6.45) is 0. The fourth-order valence-electron chi connectivity index (χ4n) is 6.63. The van der Waals surface area contributed by atoms with Gasteiger partial charge in [0.2, 0.25) is 0 Å². The maximum absolute atomic E-state index is 9.55. The average molecular weight is 550 g/mol. The SMILES string of the molecule is [2H]c1c(-c2c3ccccc3c(-c3cccc(-c4ccccc4)c3)c3ccccc23)c([2H])c2oc3c4ccccc4ccc3c2c1[2H]. The van der Waals surface area contributed by atoms with Crippen LogP contribution in [0.2, 0.25) is 0 Å². The number of rotatable bonds is 3. The van der Waals surface area contributed by atoms with E-state index >= 15 is 0 Å². The zero-order valence-electron chi connectivity index (χ0n) is 26.2. The molecule has 0 spiro atoms. The van der Waals surface area contributed by atoms with Gasteiger partial charge < -0.3 is 4.42 Å². The molecule has 0 fully saturated rings. The smallest absolute Gasteiger partial charge is 0.143 e. The lowest BCUT2D eigenvalue weighted by molar-refractivity contribution is 0.673. The molecule has 0 aliphatic rings. The van der Waals surface area contributed by atoms with Gasteiger partial charge in [-0.25, -0.2) is 0 Å². The molecule has 9 aromatic rings. The molecule has 0 radical (unpaired) electrons. The van der Waals surface area contributed by atoms with E-state index in [1.165, 1.54) is 0 Å². The Morgan fingerprint density at radius 3 is 1.70 bits per heavy atom. The van der Waals surface area contributed by atoms with Gasteiger partial charge in [0.1, 0.15) is 11.2 Å². The van der Waals surface area contributed by atoms with E-state index in [1.54, 1.807) is 0 Å². The highest BCUT2D eigenvalue weighted by Gasteiger charge is 2.18. The molecule has 0 atom stereocenters. The van der Waals surface area contributed by atoms with Crippen LogP contribution in [0.1, 0.15) is 4.11 Å². The average Bonchev–Trinajstić information content (AvgIpc) is 3.52. The first kappa shape index (κ1) is 21.1. The minimum atomic E-state index is 0.0301. The van der Waals surface area contributed by atoms with E-state index in [4.69, 9.17) is 4.42 Å². The van der Waals surface area contributed by atoms with Crippen LogP contribution < -0.4 is 0 Å². The van der Waals surface area contributed by atoms with E-state index in [0.717, 1.165) is 65.5 Å². The monoisotopic (exact) mass is 549 g/mol. The summed E-state index contributed by atoms with van der Waals surface area (Å²) < 4.78 is 34.6. The molecule has 9 rings (SSSR count). The zero-order chi connectivity index (χ0) is 30.9. The van der Waals surface area contributed by atoms with Crippen LogP contribution in [0.5, 0.6) is 0 Å². The predicted octanol–water partition coefficient (Wildman–Crippen LogP) is 12.0. The molecular weight excluding hydrogens is 520 g/mol. The highest BCUT2D eigenvalue weighted by atomic mass is 16.3. The van der Waals surface area contributed by atoms with Crippen LogP contribution in [0.25, 0.3) is 87.6 Å². The highest BCUT2D eigenvalue weighted by molar-refractivity contribution is 6.22. The van der Waals surface area contributed by atoms with E-state index in [-0.39, 0.29) is 18.1 Å². The van der Waals surface area contributed by atoms with Crippen molar-refractivity contribution in [3.63, 3.8) is 0 Å². The lowest BCUT2D eigenvalue weighted by Gasteiger charge is -2.18. The third kappa shape index (κ3) is 3.72. The molecule has 0 saturated carbocycles. The molecule has 200 valence electrons. The van der Waals surface area contributed by atoms with Gasteiger partial charge in [0.05, 0.1) is 4.11 Å². The predicted molar refractivity (Wildman–Crippen MR) is 183 cm³/mol. The fourth-order valence-corrected chi connectivity index (χ4v) is 6.63. The first-order valence-electron chi connectivity index (χ1n) is 16.0. The Morgan fingerprint density at radius 2 is 0.977 bits per heavy atom. The zero-order valence-corrected chi connectivity index (χ0v) is 23.2. The van der Waals surface area contributed by atoms with Gasteiger partial charge in [-0.3, -0.25) is 0 Å². The maximum atomic E-state index is 9.55. The third-order valence-corrected chi connectivity index (χ3v) is 8.57. The quantitative estimate of drug-likeness (QED) is 0.200. The normalized spacial score (nSPS) is 12.7. The van der Waals surface area contributed by atoms with Gasteiger partial charge in [0.15, 0.2) is 0 Å². The highest BCUT2D eigenvalue weighted by Crippen LogP contribution is 2.45. The summed E-state index contributed by atoms with van der Waals surface area (Å²) in [4.78, 5) is 0. The number of furan rings is 1. The van der Waals surface area contributed by atoms with Crippen molar-refractivity contribution in [2.45, 2.75) is 0 Å². The van der Waals surface area contributed by atoms with Crippen LogP contribution >= 0.6 is 0 Å². The van der Waals surface area contributed by atoms with E-state index in [9.17, 15) is 4.11 Å². The molecule has 0 amide bonds. The number of fused-ring (bicyclic) bond motifs is 7. The molecule has 0 aliphatic heterocycles. The summed E-state index contributed by atoms with van der Waals surface area (Å²) in [6.45, 7) is 0. The van der Waals surface area contributed by atoms with Crippen molar-refractivity contribution in [2.24, 2.45) is 0 Å². The molecule has 1 nitrogen and oxygen atoms in total. The Bertz CT molecular complexity index is 2610. The lowest BCUT2D eigenvalue weighted by Crippen LogP contribution is -1.91. The molecule has 1 aromatic heterocycles. The summed E-state index contributed by atoms with van der Waals surface area (Å²) >= 11 is 0. The van der Waals surface area contributed by atoms with Crippen LogP contribution in [0.3, 0.4) is 0 Å². The lowest BCUT2D eigenvalue weighted by atomic mass is 9.85. The maximum Gasteiger partial charge on any atom is 0.143 e. The van der Waals surface area contributed by atoms with E-state index in [1.807, 2.05) is 66.7 Å². The van der Waals surface area contributed by atoms with Gasteiger partial charge in [0.25, 0.3) is 0 Å². The Kier molecular flexibility index (Phi) is 4.63. The molecular formula is C42H26O. The molecule has 0 N–H and O–H groups in total. The minimum Gasteiger partial charge on any atom is -0.455 e. The second-order valence-corrected chi connectivity index (χ2v) is 11.0. The first-order chi connectivity index (χ1) is 22.6. The van der Waals surface area contributed by atoms with Gasteiger partial charge in [-0.1, -0.05) is 133 Å². The molecule has 43 heavy (non-hydrogen) atoms. The second-order valence-electron chi connectivity index (χ2n) is 11.0. The number of hydrogen-bond acceptors (Lipinski definition) is 1. The van der Waals surface area contributed by atoms with Gasteiger partial charge in [-0.2, -0.15) is 0 Å². The van der Waals surface area contributed by atoms with Crippen molar-refractivity contribution in [2.75, 3.05) is 0 Å². The van der Waals surface area contributed by atoms with Crippen molar-refractivity contribution in [3.05, 3.63) is 158 Å². The Labute approximate surface area is 253 Å². The topological polar surface area (TPSA) is 13.1 Å². The summed E-state index contributed by atoms with van der Waals surface area (Å²) in [6, 6.07) is 47.7. The second kappa shape index (κ2) is 9.44. The Balaban J connectivity index is 1.39. The molecule has 8 aromatic carbocycles. The summed E-state index contributed by atoms with van der Waals surface area (Å²) in [7, 11) is 0. The summed E-state index contributed by atoms with van der Waals surface area (Å²) in [5, 5.41) is 7.17. The molecule has 1 heteroatoms. The molecule has 0 bridgehead atoms. The molecule has 0 saturated heterocycles. The standard InChI is InChI=1S/C42H26O/c1-2-11-27(12-3-1)29-14-10-15-30(25-29)40-34-17-6-8-19-36(34)41(37-20-9-7-18-35(37)40)31-22-23-33-38-24-21-28-13-4-5-16-32(28)42(38)43-39(33)26-31/h1-26H/i22D,23D,26D. The van der Waals surface area contributed by atoms with Gasteiger partial charge in [-0.05, 0) is 84.5 Å². The van der Waals surface area contributed by atoms with Gasteiger partial charge in [0, 0.05) is 16.2 Å². The van der Waals surface area contributed by atoms with Gasteiger partial charge in [-0.15, -0.1) is 0 Å². The largest absolute Gasteiger partial charge is 0.455 e. The Hall–Kier alpha value is -5.66. The molecule has 0 unspecified atom stereocenters. The summed E-state index contributed by atoms with van der Waals surface area (Å²) in [5.41, 5.74) is 6.68. The summed E-state index contributed by atoms with van der Waals surface area (Å²) in [5.74, 6) is 0. The third-order valence-electron chi connectivity index (χ3n) is 8.57. The van der Waals surface area contributed by atoms with Gasteiger partial charge >= 0.3 is 0 Å². The van der Waals surface area contributed by atoms with Crippen LogP contribution in [0.15, 0.2) is 162 Å². The number of benzene rings is 8. The van der Waals surface area contributed by atoms with Crippen LogP contribution in [-0.4, -0.2) is 0 Å². The van der Waals surface area contributed by atoms with E-state index < -0.39 is 0 Å². The van der Waals surface area contributed by atoms with Crippen molar-refractivity contribution >= 4 is 54.3 Å². The van der Waals surface area contributed by atoms with E-state index in [0.29, 0.717) is 22.1 Å². The molecule has 1 heterocycles. The minimum absolute atomic E-state index is 0.0301. The fraction of sp³-hybridized carbons (Fsp3) is 0. The molecule has 0 aliphatic carbocycles. The van der Waals surface area contributed by atoms with Crippen LogP contribution in [-0.2, 0) is 0 Å². The Morgan fingerprint density at radius 1 is 0.395 bits per heavy atom. The van der Waals surface area contributed by atoms with Crippen LogP contribution in [0.4, 0.5) is 0 Å². The van der Waals surface area contributed by atoms with Crippen molar-refractivity contribution in [1.82, 2.24) is 0 Å².